The zero-order valence-corrected chi connectivity index (χ0v) is 9.07. The standard InChI is InChI=1S/C10H16N2O2/c1-8-5-6-12(11-8)9(13)14-7-10(2,3)4/h5-6H,7H2,1-4H3. The van der Waals surface area contributed by atoms with E-state index >= 15 is 0 Å². The van der Waals surface area contributed by atoms with Crippen molar-refractivity contribution >= 4 is 6.09 Å². The van der Waals surface area contributed by atoms with Gasteiger partial charge in [-0.2, -0.15) is 9.78 Å². The number of rotatable bonds is 1. The lowest BCUT2D eigenvalue weighted by molar-refractivity contribution is 0.105. The number of hydrogen-bond acceptors (Lipinski definition) is 3. The highest BCUT2D eigenvalue weighted by Gasteiger charge is 2.14. The molecule has 0 unspecified atom stereocenters. The van der Waals surface area contributed by atoms with Crippen LogP contribution in [0.2, 0.25) is 0 Å². The fourth-order valence-electron chi connectivity index (χ4n) is 0.861. The first-order chi connectivity index (χ1) is 6.38. The van der Waals surface area contributed by atoms with Crippen molar-refractivity contribution in [3.63, 3.8) is 0 Å². The van der Waals surface area contributed by atoms with E-state index in [1.165, 1.54) is 4.68 Å². The summed E-state index contributed by atoms with van der Waals surface area (Å²) in [7, 11) is 0. The molecule has 0 aromatic carbocycles. The van der Waals surface area contributed by atoms with E-state index in [1.54, 1.807) is 12.3 Å². The average molecular weight is 196 g/mol. The lowest BCUT2D eigenvalue weighted by Crippen LogP contribution is -2.22. The Labute approximate surface area is 83.9 Å². The number of carbonyl (C=O) groups excluding carboxylic acids is 1. The SMILES string of the molecule is Cc1ccn(C(=O)OCC(C)(C)C)n1. The number of nitrogens with zero attached hydrogens (tertiary/aromatic N) is 2. The third-order valence-corrected chi connectivity index (χ3v) is 1.54. The van der Waals surface area contributed by atoms with E-state index in [2.05, 4.69) is 5.10 Å². The van der Waals surface area contributed by atoms with Gasteiger partial charge in [0.1, 0.15) is 0 Å². The van der Waals surface area contributed by atoms with Crippen molar-refractivity contribution in [3.8, 4) is 0 Å². The molecule has 78 valence electrons. The van der Waals surface area contributed by atoms with E-state index in [1.807, 2.05) is 27.7 Å². The molecule has 1 aromatic rings. The minimum absolute atomic E-state index is 0.0160. The molecule has 1 heterocycles. The Morgan fingerprint density at radius 1 is 1.57 bits per heavy atom. The second-order valence-electron chi connectivity index (χ2n) is 4.52. The van der Waals surface area contributed by atoms with E-state index in [9.17, 15) is 4.79 Å². The number of aromatic nitrogens is 2. The van der Waals surface area contributed by atoms with Crippen molar-refractivity contribution in [3.05, 3.63) is 18.0 Å². The highest BCUT2D eigenvalue weighted by molar-refractivity contribution is 5.69. The van der Waals surface area contributed by atoms with Gasteiger partial charge in [0, 0.05) is 6.20 Å². The Balaban J connectivity index is 2.52. The summed E-state index contributed by atoms with van der Waals surface area (Å²) in [6.45, 7) is 8.25. The molecule has 14 heavy (non-hydrogen) atoms. The van der Waals surface area contributed by atoms with Crippen molar-refractivity contribution in [2.45, 2.75) is 27.7 Å². The fraction of sp³-hybridized carbons (Fsp3) is 0.600. The maximum absolute atomic E-state index is 11.4. The maximum Gasteiger partial charge on any atom is 0.434 e. The van der Waals surface area contributed by atoms with Crippen LogP contribution in [0, 0.1) is 12.3 Å². The lowest BCUT2D eigenvalue weighted by Gasteiger charge is -2.17. The number of carbonyl (C=O) groups is 1. The summed E-state index contributed by atoms with van der Waals surface area (Å²) >= 11 is 0. The number of ether oxygens (including phenoxy) is 1. The molecule has 0 N–H and O–H groups in total. The Morgan fingerprint density at radius 3 is 2.64 bits per heavy atom. The molecular formula is C10H16N2O2. The van der Waals surface area contributed by atoms with Gasteiger partial charge in [-0.1, -0.05) is 20.8 Å². The van der Waals surface area contributed by atoms with Gasteiger partial charge in [-0.3, -0.25) is 0 Å². The zero-order chi connectivity index (χ0) is 10.8. The molecule has 1 aromatic heterocycles. The van der Waals surface area contributed by atoms with Crippen molar-refractivity contribution in [2.75, 3.05) is 6.61 Å². The van der Waals surface area contributed by atoms with Crippen molar-refractivity contribution in [1.29, 1.82) is 0 Å². The van der Waals surface area contributed by atoms with E-state index in [-0.39, 0.29) is 5.41 Å². The molecule has 4 heteroatoms. The maximum atomic E-state index is 11.4. The monoisotopic (exact) mass is 196 g/mol. The molecular weight excluding hydrogens is 180 g/mol. The van der Waals surface area contributed by atoms with E-state index in [0.717, 1.165) is 5.69 Å². The van der Waals surface area contributed by atoms with Gasteiger partial charge in [0.2, 0.25) is 0 Å². The van der Waals surface area contributed by atoms with E-state index in [0.29, 0.717) is 6.61 Å². The summed E-state index contributed by atoms with van der Waals surface area (Å²) < 4.78 is 6.28. The molecule has 4 nitrogen and oxygen atoms in total. The van der Waals surface area contributed by atoms with Gasteiger partial charge >= 0.3 is 6.09 Å². The van der Waals surface area contributed by atoms with Gasteiger partial charge < -0.3 is 4.74 Å². The molecule has 0 saturated heterocycles. The summed E-state index contributed by atoms with van der Waals surface area (Å²) in [6.07, 6.45) is 1.17. The smallest absolute Gasteiger partial charge is 0.434 e. The van der Waals surface area contributed by atoms with Crippen LogP contribution < -0.4 is 0 Å². The van der Waals surface area contributed by atoms with Gasteiger partial charge in [-0.25, -0.2) is 4.79 Å². The molecule has 0 amide bonds. The molecule has 0 spiro atoms. The number of aryl methyl sites for hydroxylation is 1. The average Bonchev–Trinajstić information content (AvgIpc) is 2.46. The van der Waals surface area contributed by atoms with Gasteiger partial charge in [0.15, 0.2) is 0 Å². The summed E-state index contributed by atoms with van der Waals surface area (Å²) in [6, 6.07) is 1.76. The Hall–Kier alpha value is -1.32. The third kappa shape index (κ3) is 3.20. The second-order valence-corrected chi connectivity index (χ2v) is 4.52. The quantitative estimate of drug-likeness (QED) is 0.691. The van der Waals surface area contributed by atoms with E-state index < -0.39 is 6.09 Å². The number of hydrogen-bond donors (Lipinski definition) is 0. The van der Waals surface area contributed by atoms with E-state index in [4.69, 9.17) is 4.74 Å². The Kier molecular flexibility index (Phi) is 2.93. The van der Waals surface area contributed by atoms with Crippen LogP contribution in [0.1, 0.15) is 26.5 Å². The summed E-state index contributed by atoms with van der Waals surface area (Å²) in [4.78, 5) is 11.4. The van der Waals surface area contributed by atoms with Crippen LogP contribution >= 0.6 is 0 Å². The zero-order valence-electron chi connectivity index (χ0n) is 9.07. The predicted octanol–water partition coefficient (Wildman–Crippen LogP) is 2.22. The first kappa shape index (κ1) is 10.8. The summed E-state index contributed by atoms with van der Waals surface area (Å²) in [5.41, 5.74) is 0.787. The Bertz CT molecular complexity index is 323. The van der Waals surface area contributed by atoms with Crippen LogP contribution in [0.25, 0.3) is 0 Å². The van der Waals surface area contributed by atoms with Gasteiger partial charge in [-0.15, -0.1) is 0 Å². The fourth-order valence-corrected chi connectivity index (χ4v) is 0.861. The Morgan fingerprint density at radius 2 is 2.21 bits per heavy atom. The highest BCUT2D eigenvalue weighted by Crippen LogP contribution is 2.13. The highest BCUT2D eigenvalue weighted by atomic mass is 16.6. The van der Waals surface area contributed by atoms with Crippen LogP contribution in [0.3, 0.4) is 0 Å². The lowest BCUT2D eigenvalue weighted by atomic mass is 9.99. The van der Waals surface area contributed by atoms with Crippen LogP contribution in [0.5, 0.6) is 0 Å². The van der Waals surface area contributed by atoms with Crippen LogP contribution in [0.15, 0.2) is 12.3 Å². The van der Waals surface area contributed by atoms with Crippen molar-refractivity contribution in [2.24, 2.45) is 5.41 Å². The minimum atomic E-state index is -0.423. The summed E-state index contributed by atoms with van der Waals surface area (Å²) in [5.74, 6) is 0. The minimum Gasteiger partial charge on any atom is -0.447 e. The molecule has 0 radical (unpaired) electrons. The van der Waals surface area contributed by atoms with Gasteiger partial charge in [0.05, 0.1) is 12.3 Å². The normalized spacial score (nSPS) is 11.4. The molecule has 0 aliphatic heterocycles. The predicted molar refractivity (Wildman–Crippen MR) is 53.2 cm³/mol. The molecule has 0 saturated carbocycles. The van der Waals surface area contributed by atoms with Gasteiger partial charge in [0.25, 0.3) is 0 Å². The summed E-state index contributed by atoms with van der Waals surface area (Å²) in [5, 5.41) is 3.95. The molecule has 0 bridgehead atoms. The molecule has 1 rings (SSSR count). The first-order valence-electron chi connectivity index (χ1n) is 4.58. The van der Waals surface area contributed by atoms with Crippen LogP contribution in [-0.4, -0.2) is 22.5 Å². The molecule has 0 fully saturated rings. The first-order valence-corrected chi connectivity index (χ1v) is 4.58. The van der Waals surface area contributed by atoms with Crippen LogP contribution in [0.4, 0.5) is 4.79 Å². The van der Waals surface area contributed by atoms with Gasteiger partial charge in [-0.05, 0) is 18.4 Å². The van der Waals surface area contributed by atoms with Crippen molar-refractivity contribution in [1.82, 2.24) is 9.78 Å². The van der Waals surface area contributed by atoms with Crippen molar-refractivity contribution < 1.29 is 9.53 Å². The molecule has 0 atom stereocenters. The second kappa shape index (κ2) is 3.82. The molecule has 0 aliphatic rings. The van der Waals surface area contributed by atoms with Crippen LogP contribution in [-0.2, 0) is 4.74 Å². The topological polar surface area (TPSA) is 44.1 Å². The molecule has 0 aliphatic carbocycles. The largest absolute Gasteiger partial charge is 0.447 e. The third-order valence-electron chi connectivity index (χ3n) is 1.54.